The summed E-state index contributed by atoms with van der Waals surface area (Å²) in [6.07, 6.45) is 3.64. The number of hydrogen-bond acceptors (Lipinski definition) is 4. The van der Waals surface area contributed by atoms with Crippen molar-refractivity contribution >= 4 is 38.4 Å². The number of sulfonamides is 1. The third-order valence-electron chi connectivity index (χ3n) is 5.05. The third-order valence-corrected chi connectivity index (χ3v) is 6.52. The summed E-state index contributed by atoms with van der Waals surface area (Å²) in [6, 6.07) is 13.7. The van der Waals surface area contributed by atoms with E-state index in [4.69, 9.17) is 0 Å². The molecule has 4 rings (SSSR count). The van der Waals surface area contributed by atoms with Gasteiger partial charge in [-0.15, -0.1) is 0 Å². The van der Waals surface area contributed by atoms with Crippen molar-refractivity contribution in [3.8, 4) is 0 Å². The van der Waals surface area contributed by atoms with E-state index in [0.29, 0.717) is 31.4 Å². The average Bonchev–Trinajstić information content (AvgIpc) is 3.11. The van der Waals surface area contributed by atoms with Gasteiger partial charge >= 0.3 is 0 Å². The van der Waals surface area contributed by atoms with E-state index < -0.39 is 10.0 Å². The summed E-state index contributed by atoms with van der Waals surface area (Å²) < 4.78 is 27.8. The zero-order chi connectivity index (χ0) is 20.4. The summed E-state index contributed by atoms with van der Waals surface area (Å²) in [5.41, 5.74) is 2.46. The topological polar surface area (TPSA) is 99.3 Å². The number of carbonyl (C=O) groups excluding carboxylic acids is 2. The number of H-pyrrole nitrogens is 1. The highest BCUT2D eigenvalue weighted by molar-refractivity contribution is 7.89. The Morgan fingerprint density at radius 3 is 2.38 bits per heavy atom. The number of para-hydroxylation sites is 1. The van der Waals surface area contributed by atoms with Crippen molar-refractivity contribution in [2.75, 3.05) is 11.4 Å². The number of nitrogens with zero attached hydrogens (tertiary/aromatic N) is 1. The first kappa shape index (κ1) is 19.4. The summed E-state index contributed by atoms with van der Waals surface area (Å²) in [4.78, 5) is 28.4. The number of nitrogens with one attached hydrogen (secondary N) is 2. The lowest BCUT2D eigenvalue weighted by molar-refractivity contribution is -0.129. The lowest BCUT2D eigenvalue weighted by atomic mass is 10.1. The number of fused-ring (bicyclic) bond motifs is 1. The van der Waals surface area contributed by atoms with E-state index in [-0.39, 0.29) is 23.3 Å². The minimum Gasteiger partial charge on any atom is -0.361 e. The van der Waals surface area contributed by atoms with Crippen LogP contribution in [0, 0.1) is 0 Å². The number of carbonyl (C=O) groups is 2. The van der Waals surface area contributed by atoms with Gasteiger partial charge in [0.15, 0.2) is 0 Å². The van der Waals surface area contributed by atoms with Crippen LogP contribution in [0.3, 0.4) is 0 Å². The van der Waals surface area contributed by atoms with Crippen molar-refractivity contribution in [2.24, 2.45) is 0 Å². The fraction of sp³-hybridized carbons (Fsp3) is 0.238. The second-order valence-electron chi connectivity index (χ2n) is 6.98. The van der Waals surface area contributed by atoms with Crippen LogP contribution < -0.4 is 9.62 Å². The maximum Gasteiger partial charge on any atom is 0.240 e. The van der Waals surface area contributed by atoms with Gasteiger partial charge in [-0.25, -0.2) is 13.1 Å². The quantitative estimate of drug-likeness (QED) is 0.609. The maximum absolute atomic E-state index is 12.6. The molecule has 1 saturated heterocycles. The van der Waals surface area contributed by atoms with Crippen LogP contribution in [-0.4, -0.2) is 31.8 Å². The van der Waals surface area contributed by atoms with Crippen LogP contribution in [0.15, 0.2) is 59.6 Å². The Morgan fingerprint density at radius 1 is 0.966 bits per heavy atom. The Balaban J connectivity index is 1.43. The average molecular weight is 411 g/mol. The molecule has 0 atom stereocenters. The van der Waals surface area contributed by atoms with Crippen molar-refractivity contribution in [1.82, 2.24) is 9.71 Å². The molecule has 2 N–H and O–H groups in total. The lowest BCUT2D eigenvalue weighted by Gasteiger charge is -2.24. The van der Waals surface area contributed by atoms with E-state index in [2.05, 4.69) is 9.71 Å². The number of piperidine rings is 1. The number of anilines is 1. The molecule has 0 radical (unpaired) electrons. The summed E-state index contributed by atoms with van der Waals surface area (Å²) >= 11 is 0. The molecule has 1 fully saturated rings. The molecular weight excluding hydrogens is 390 g/mol. The van der Waals surface area contributed by atoms with Crippen LogP contribution in [0.5, 0.6) is 0 Å². The van der Waals surface area contributed by atoms with E-state index in [9.17, 15) is 18.0 Å². The third kappa shape index (κ3) is 3.94. The monoisotopic (exact) mass is 411 g/mol. The normalized spacial score (nSPS) is 15.2. The first-order chi connectivity index (χ1) is 14.0. The van der Waals surface area contributed by atoms with Gasteiger partial charge in [-0.1, -0.05) is 18.2 Å². The molecule has 1 aliphatic rings. The molecule has 0 unspecified atom stereocenters. The van der Waals surface area contributed by atoms with E-state index in [1.54, 1.807) is 0 Å². The molecule has 1 aromatic heterocycles. The molecular formula is C21H21N3O4S. The van der Waals surface area contributed by atoms with Crippen LogP contribution in [0.4, 0.5) is 5.69 Å². The van der Waals surface area contributed by atoms with Crippen LogP contribution in [0.25, 0.3) is 10.9 Å². The molecule has 2 amide bonds. The second kappa shape index (κ2) is 7.81. The summed E-state index contributed by atoms with van der Waals surface area (Å²) in [6.45, 7) is 0.259. The van der Waals surface area contributed by atoms with Crippen molar-refractivity contribution in [2.45, 2.75) is 30.6 Å². The minimum atomic E-state index is -3.69. The molecule has 0 bridgehead atoms. The van der Waals surface area contributed by atoms with E-state index in [1.165, 1.54) is 24.3 Å². The Bertz CT molecular complexity index is 1150. The van der Waals surface area contributed by atoms with Gasteiger partial charge < -0.3 is 4.98 Å². The van der Waals surface area contributed by atoms with E-state index in [1.807, 2.05) is 30.5 Å². The summed E-state index contributed by atoms with van der Waals surface area (Å²) in [5.74, 6) is -0.512. The number of rotatable bonds is 6. The van der Waals surface area contributed by atoms with Gasteiger partial charge in [-0.05, 0) is 48.7 Å². The molecule has 150 valence electrons. The van der Waals surface area contributed by atoms with Gasteiger partial charge in [0.05, 0.1) is 10.6 Å². The smallest absolute Gasteiger partial charge is 0.240 e. The predicted octanol–water partition coefficient (Wildman–Crippen LogP) is 2.73. The second-order valence-corrected chi connectivity index (χ2v) is 8.74. The predicted molar refractivity (Wildman–Crippen MR) is 110 cm³/mol. The maximum atomic E-state index is 12.6. The fourth-order valence-corrected chi connectivity index (χ4v) is 4.59. The molecule has 0 aliphatic carbocycles. The van der Waals surface area contributed by atoms with Gasteiger partial charge in [-0.3, -0.25) is 14.5 Å². The number of imide groups is 1. The first-order valence-corrected chi connectivity index (χ1v) is 10.9. The Morgan fingerprint density at radius 2 is 1.66 bits per heavy atom. The van der Waals surface area contributed by atoms with Gasteiger partial charge in [0.25, 0.3) is 0 Å². The standard InChI is InChI=1S/C21H21N3O4S/c25-20-6-3-7-21(26)24(20)16-8-10-17(11-9-16)29(27,28)23-13-12-15-14-22-19-5-2-1-4-18(15)19/h1-2,4-5,8-11,14,22-23H,3,6-7,12-13H2. The molecule has 8 heteroatoms. The van der Waals surface area contributed by atoms with Crippen molar-refractivity contribution in [1.29, 1.82) is 0 Å². The minimum absolute atomic E-state index is 0.0945. The number of hydrogen-bond donors (Lipinski definition) is 2. The Kier molecular flexibility index (Phi) is 5.21. The molecule has 0 spiro atoms. The first-order valence-electron chi connectivity index (χ1n) is 9.46. The summed E-state index contributed by atoms with van der Waals surface area (Å²) in [5, 5.41) is 1.08. The molecule has 1 aliphatic heterocycles. The molecule has 0 saturated carbocycles. The van der Waals surface area contributed by atoms with Gasteiger partial charge in [0.1, 0.15) is 0 Å². The molecule has 3 aromatic rings. The Hall–Kier alpha value is -2.97. The summed E-state index contributed by atoms with van der Waals surface area (Å²) in [7, 11) is -3.69. The molecule has 29 heavy (non-hydrogen) atoms. The van der Waals surface area contributed by atoms with Crippen molar-refractivity contribution < 1.29 is 18.0 Å². The zero-order valence-corrected chi connectivity index (χ0v) is 16.5. The number of aromatic amines is 1. The molecule has 2 aromatic carbocycles. The molecule has 7 nitrogen and oxygen atoms in total. The van der Waals surface area contributed by atoms with Gasteiger partial charge in [0, 0.05) is 36.5 Å². The van der Waals surface area contributed by atoms with Crippen molar-refractivity contribution in [3.05, 3.63) is 60.3 Å². The number of amides is 2. The van der Waals surface area contributed by atoms with Gasteiger partial charge in [0.2, 0.25) is 21.8 Å². The van der Waals surface area contributed by atoms with Crippen molar-refractivity contribution in [3.63, 3.8) is 0 Å². The SMILES string of the molecule is O=C1CCCC(=O)N1c1ccc(S(=O)(=O)NCCc2c[nH]c3ccccc23)cc1. The highest BCUT2D eigenvalue weighted by Crippen LogP contribution is 2.23. The van der Waals surface area contributed by atoms with Crippen LogP contribution in [-0.2, 0) is 26.0 Å². The van der Waals surface area contributed by atoms with E-state index >= 15 is 0 Å². The van der Waals surface area contributed by atoms with Crippen LogP contribution in [0.2, 0.25) is 0 Å². The van der Waals surface area contributed by atoms with Crippen LogP contribution in [0.1, 0.15) is 24.8 Å². The van der Waals surface area contributed by atoms with E-state index in [0.717, 1.165) is 21.4 Å². The highest BCUT2D eigenvalue weighted by atomic mass is 32.2. The fourth-order valence-electron chi connectivity index (χ4n) is 3.56. The number of benzene rings is 2. The Labute approximate surface area is 168 Å². The van der Waals surface area contributed by atoms with Crippen LogP contribution >= 0.6 is 0 Å². The largest absolute Gasteiger partial charge is 0.361 e. The molecule has 2 heterocycles. The van der Waals surface area contributed by atoms with Gasteiger partial charge in [-0.2, -0.15) is 0 Å². The highest BCUT2D eigenvalue weighted by Gasteiger charge is 2.27. The lowest BCUT2D eigenvalue weighted by Crippen LogP contribution is -2.40. The zero-order valence-electron chi connectivity index (χ0n) is 15.7. The number of aromatic nitrogens is 1.